The number of esters is 1. The molecule has 0 rings (SSSR count). The molecule has 162 valence electrons. The van der Waals surface area contributed by atoms with Crippen LogP contribution in [0.4, 0.5) is 0 Å². The highest BCUT2D eigenvalue weighted by atomic mass is 31.2. The van der Waals surface area contributed by atoms with E-state index in [4.69, 9.17) is 9.26 Å². The van der Waals surface area contributed by atoms with Crippen molar-refractivity contribution in [2.75, 3.05) is 19.8 Å². The summed E-state index contributed by atoms with van der Waals surface area (Å²) in [7, 11) is -4.49. The summed E-state index contributed by atoms with van der Waals surface area (Å²) in [6, 6.07) is 0. The molecule has 11 heteroatoms. The number of hydrogen-bond acceptors (Lipinski definition) is 9. The number of ether oxygens (including phenoxy) is 1. The summed E-state index contributed by atoms with van der Waals surface area (Å²) in [6.07, 6.45) is -8.12. The van der Waals surface area contributed by atoms with Crippen molar-refractivity contribution in [1.82, 2.24) is 0 Å². The van der Waals surface area contributed by atoms with E-state index in [0.717, 1.165) is 0 Å². The number of phosphoric ester groups is 1. The van der Waals surface area contributed by atoms with Crippen LogP contribution in [0.2, 0.25) is 0 Å². The summed E-state index contributed by atoms with van der Waals surface area (Å²) in [5.74, 6) is -1.18. The second kappa shape index (κ2) is 10.3. The smallest absolute Gasteiger partial charge is 0.463 e. The van der Waals surface area contributed by atoms with E-state index in [0.29, 0.717) is 0 Å². The molecule has 5 N–H and O–H groups in total. The van der Waals surface area contributed by atoms with Crippen molar-refractivity contribution < 1.29 is 48.5 Å². The predicted octanol–water partition coefficient (Wildman–Crippen LogP) is 0.199. The zero-order valence-corrected chi connectivity index (χ0v) is 17.5. The first-order chi connectivity index (χ1) is 12.0. The maximum Gasteiger partial charge on any atom is 0.472 e. The standard InChI is InChI=1S/C16H33O10P/c1-15(2,3)8-24-14(21)13(20)12(19)11(18)10(17)7-25-27(22,23)26-9-16(4,5)6/h10-13,17-20H,7-9H2,1-6H3,(H,22,23)/t10-,11-,12+,13-/m1/s1. The van der Waals surface area contributed by atoms with Gasteiger partial charge in [-0.15, -0.1) is 0 Å². The lowest BCUT2D eigenvalue weighted by Crippen LogP contribution is -2.49. The molecule has 0 fully saturated rings. The van der Waals surface area contributed by atoms with Crippen molar-refractivity contribution in [3.05, 3.63) is 0 Å². The molecule has 0 heterocycles. The highest BCUT2D eigenvalue weighted by molar-refractivity contribution is 7.47. The molecule has 27 heavy (non-hydrogen) atoms. The number of aliphatic hydroxyl groups excluding tert-OH is 4. The van der Waals surface area contributed by atoms with Gasteiger partial charge in [0.15, 0.2) is 6.10 Å². The molecule has 0 saturated heterocycles. The highest BCUT2D eigenvalue weighted by Crippen LogP contribution is 2.44. The van der Waals surface area contributed by atoms with Crippen LogP contribution in [0.15, 0.2) is 0 Å². The maximum absolute atomic E-state index is 11.7. The molecule has 0 radical (unpaired) electrons. The molecule has 0 bridgehead atoms. The number of phosphoric acid groups is 1. The third kappa shape index (κ3) is 11.8. The van der Waals surface area contributed by atoms with Crippen LogP contribution in [0.5, 0.6) is 0 Å². The van der Waals surface area contributed by atoms with Crippen molar-refractivity contribution in [2.45, 2.75) is 66.0 Å². The molecule has 0 spiro atoms. The summed E-state index contributed by atoms with van der Waals surface area (Å²) >= 11 is 0. The van der Waals surface area contributed by atoms with Crippen LogP contribution >= 0.6 is 7.82 Å². The van der Waals surface area contributed by atoms with Gasteiger partial charge in [0.1, 0.15) is 18.3 Å². The number of rotatable bonds is 10. The van der Waals surface area contributed by atoms with Crippen LogP contribution in [0, 0.1) is 10.8 Å². The molecule has 0 aliphatic heterocycles. The van der Waals surface area contributed by atoms with Crippen molar-refractivity contribution in [3.63, 3.8) is 0 Å². The number of carbonyl (C=O) groups excluding carboxylic acids is 1. The van der Waals surface area contributed by atoms with Gasteiger partial charge in [-0.05, 0) is 10.8 Å². The van der Waals surface area contributed by atoms with Gasteiger partial charge in [0.2, 0.25) is 0 Å². The summed E-state index contributed by atoms with van der Waals surface area (Å²) in [5.41, 5.74) is -0.782. The van der Waals surface area contributed by atoms with Gasteiger partial charge in [-0.2, -0.15) is 0 Å². The van der Waals surface area contributed by atoms with Crippen LogP contribution in [0.1, 0.15) is 41.5 Å². The molecule has 0 saturated carbocycles. The van der Waals surface area contributed by atoms with Gasteiger partial charge in [-0.25, -0.2) is 9.36 Å². The molecular weight excluding hydrogens is 383 g/mol. The first kappa shape index (κ1) is 26.4. The van der Waals surface area contributed by atoms with Crippen LogP contribution in [-0.4, -0.2) is 75.5 Å². The van der Waals surface area contributed by atoms with Gasteiger partial charge in [0, 0.05) is 0 Å². The fraction of sp³-hybridized carbons (Fsp3) is 0.938. The van der Waals surface area contributed by atoms with E-state index >= 15 is 0 Å². The Morgan fingerprint density at radius 2 is 1.37 bits per heavy atom. The summed E-state index contributed by atoms with van der Waals surface area (Å²) in [5, 5.41) is 39.2. The van der Waals surface area contributed by atoms with Crippen molar-refractivity contribution in [2.24, 2.45) is 10.8 Å². The lowest BCUT2D eigenvalue weighted by Gasteiger charge is -2.27. The number of aliphatic hydroxyl groups is 4. The minimum Gasteiger partial charge on any atom is -0.463 e. The third-order valence-electron chi connectivity index (χ3n) is 3.03. The van der Waals surface area contributed by atoms with Gasteiger partial charge >= 0.3 is 13.8 Å². The Hall–Kier alpha value is -0.580. The van der Waals surface area contributed by atoms with Gasteiger partial charge in [-0.1, -0.05) is 41.5 Å². The first-order valence-corrected chi connectivity index (χ1v) is 9.95. The van der Waals surface area contributed by atoms with E-state index in [2.05, 4.69) is 4.52 Å². The minimum absolute atomic E-state index is 0.0316. The average molecular weight is 416 g/mol. The summed E-state index contributed by atoms with van der Waals surface area (Å²) in [6.45, 7) is 9.65. The third-order valence-corrected chi connectivity index (χ3v) is 3.96. The van der Waals surface area contributed by atoms with Gasteiger partial charge in [0.25, 0.3) is 0 Å². The van der Waals surface area contributed by atoms with Crippen LogP contribution < -0.4 is 0 Å². The van der Waals surface area contributed by atoms with Crippen LogP contribution in [-0.2, 0) is 23.1 Å². The Balaban J connectivity index is 4.59. The molecule has 0 aliphatic carbocycles. The van der Waals surface area contributed by atoms with Gasteiger partial charge in [-0.3, -0.25) is 9.05 Å². The lowest BCUT2D eigenvalue weighted by atomic mass is 9.98. The Bertz CT molecular complexity index is 510. The van der Waals surface area contributed by atoms with Crippen LogP contribution in [0.25, 0.3) is 0 Å². The second-order valence-electron chi connectivity index (χ2n) is 8.76. The number of hydrogen-bond donors (Lipinski definition) is 5. The Morgan fingerprint density at radius 1 is 0.889 bits per heavy atom. The Morgan fingerprint density at radius 3 is 1.81 bits per heavy atom. The zero-order valence-electron chi connectivity index (χ0n) is 16.7. The monoisotopic (exact) mass is 416 g/mol. The lowest BCUT2D eigenvalue weighted by molar-refractivity contribution is -0.172. The molecule has 0 aliphatic rings. The Kier molecular flexibility index (Phi) is 10.0. The molecule has 5 atom stereocenters. The van der Waals surface area contributed by atoms with E-state index in [1.54, 1.807) is 41.5 Å². The van der Waals surface area contributed by atoms with Crippen molar-refractivity contribution >= 4 is 13.8 Å². The summed E-state index contributed by atoms with van der Waals surface area (Å²) in [4.78, 5) is 21.2. The van der Waals surface area contributed by atoms with Crippen molar-refractivity contribution in [1.29, 1.82) is 0 Å². The normalized spacial score (nSPS) is 19.7. The molecular formula is C16H33O10P. The van der Waals surface area contributed by atoms with E-state index in [1.165, 1.54) is 0 Å². The van der Waals surface area contributed by atoms with E-state index in [9.17, 15) is 34.7 Å². The predicted molar refractivity (Wildman–Crippen MR) is 95.6 cm³/mol. The van der Waals surface area contributed by atoms with Crippen LogP contribution in [0.3, 0.4) is 0 Å². The second-order valence-corrected chi connectivity index (χ2v) is 10.2. The zero-order chi connectivity index (χ0) is 21.6. The number of carbonyl (C=O) groups is 1. The highest BCUT2D eigenvalue weighted by Gasteiger charge is 2.37. The first-order valence-electron chi connectivity index (χ1n) is 8.46. The topological polar surface area (TPSA) is 163 Å². The van der Waals surface area contributed by atoms with E-state index in [1.807, 2.05) is 0 Å². The van der Waals surface area contributed by atoms with Crippen molar-refractivity contribution in [3.8, 4) is 0 Å². The Labute approximate surface area is 159 Å². The fourth-order valence-corrected chi connectivity index (χ4v) is 2.47. The van der Waals surface area contributed by atoms with Gasteiger partial charge < -0.3 is 30.1 Å². The molecule has 0 amide bonds. The summed E-state index contributed by atoms with van der Waals surface area (Å²) < 4.78 is 25.8. The molecule has 0 aromatic rings. The molecule has 10 nitrogen and oxygen atoms in total. The minimum atomic E-state index is -4.49. The SMILES string of the molecule is CC(C)(C)COC(=O)[C@H](O)[C@@H](O)[C@H](O)[C@H](O)COP(=O)(O)OCC(C)(C)C. The largest absolute Gasteiger partial charge is 0.472 e. The quantitative estimate of drug-likeness (QED) is 0.245. The molecule has 1 unspecified atom stereocenters. The molecule has 0 aromatic heterocycles. The fourth-order valence-electron chi connectivity index (χ4n) is 1.51. The van der Waals surface area contributed by atoms with E-state index < -0.39 is 50.2 Å². The maximum atomic E-state index is 11.7. The van der Waals surface area contributed by atoms with Gasteiger partial charge in [0.05, 0.1) is 19.8 Å². The average Bonchev–Trinajstić information content (AvgIpc) is 2.52. The van der Waals surface area contributed by atoms with E-state index in [-0.39, 0.29) is 18.6 Å². The molecule has 0 aromatic carbocycles.